The van der Waals surface area contributed by atoms with Crippen molar-refractivity contribution >= 4 is 29.0 Å². The number of hydrogen-bond acceptors (Lipinski definition) is 1. The van der Waals surface area contributed by atoms with Gasteiger partial charge in [-0.3, -0.25) is 4.79 Å². The Labute approximate surface area is 197 Å². The van der Waals surface area contributed by atoms with Crippen molar-refractivity contribution in [3.8, 4) is 0 Å². The summed E-state index contributed by atoms with van der Waals surface area (Å²) in [6, 6.07) is -0.0897. The molecule has 0 bridgehead atoms. The van der Waals surface area contributed by atoms with Crippen molar-refractivity contribution in [3.63, 3.8) is 0 Å². The summed E-state index contributed by atoms with van der Waals surface area (Å²) in [5, 5.41) is -3.08. The third kappa shape index (κ3) is 4.15. The van der Waals surface area contributed by atoms with Crippen molar-refractivity contribution in [2.75, 3.05) is 0 Å². The van der Waals surface area contributed by atoms with E-state index in [1.807, 2.05) is 0 Å². The third-order valence-corrected chi connectivity index (χ3v) is 5.10. The van der Waals surface area contributed by atoms with Crippen molar-refractivity contribution in [2.45, 2.75) is 54.6 Å². The minimum absolute atomic E-state index is 0.366. The topological polar surface area (TPSA) is 17.1 Å². The lowest BCUT2D eigenvalue weighted by Crippen LogP contribution is -2.74. The smallest absolute Gasteiger partial charge is 0.294 e. The number of benzene rings is 1. The maximum absolute atomic E-state index is 14.4. The predicted octanol–water partition coefficient (Wildman–Crippen LogP) is 8.66. The van der Waals surface area contributed by atoms with Gasteiger partial charge in [-0.25, -0.2) is 0 Å². The molecule has 0 aliphatic heterocycles. The van der Waals surface area contributed by atoms with Crippen molar-refractivity contribution in [1.29, 1.82) is 0 Å². The van der Waals surface area contributed by atoms with Gasteiger partial charge in [0.1, 0.15) is 0 Å². The van der Waals surface area contributed by atoms with E-state index in [0.29, 0.717) is 13.0 Å². The van der Waals surface area contributed by atoms with E-state index >= 15 is 0 Å². The minimum atomic E-state index is -8.75. The average molecular weight is 607 g/mol. The predicted molar refractivity (Wildman–Crippen MR) is 86.1 cm³/mol. The van der Waals surface area contributed by atoms with Crippen LogP contribution in [0, 0.1) is 0 Å². The summed E-state index contributed by atoms with van der Waals surface area (Å²) >= 11 is 10.4. The van der Waals surface area contributed by atoms with E-state index in [0.717, 1.165) is 0 Å². The van der Waals surface area contributed by atoms with Crippen LogP contribution in [0.2, 0.25) is 10.0 Å². The second kappa shape index (κ2) is 8.66. The number of halogens is 19. The number of Topliss-reactive ketones (excluding diaryl/α,β-unsaturated/α-hetero) is 1. The Bertz CT molecular complexity index is 1030. The molecule has 0 amide bonds. The molecule has 0 heterocycles. The van der Waals surface area contributed by atoms with Crippen LogP contribution >= 0.6 is 23.2 Å². The van der Waals surface area contributed by atoms with Gasteiger partial charge >= 0.3 is 47.6 Å². The van der Waals surface area contributed by atoms with Crippen molar-refractivity contribution < 1.29 is 79.4 Å². The fourth-order valence-corrected chi connectivity index (χ4v) is 2.99. The Hall–Kier alpha value is -1.72. The lowest BCUT2D eigenvalue weighted by Gasteiger charge is -2.43. The second-order valence-corrected chi connectivity index (χ2v) is 7.70. The number of alkyl halides is 17. The van der Waals surface area contributed by atoms with Crippen molar-refractivity contribution in [1.82, 2.24) is 0 Å². The summed E-state index contributed by atoms with van der Waals surface area (Å²) in [5.74, 6) is -59.1. The van der Waals surface area contributed by atoms with E-state index in [9.17, 15) is 79.4 Å². The molecule has 0 aliphatic carbocycles. The molecule has 36 heavy (non-hydrogen) atoms. The van der Waals surface area contributed by atoms with Gasteiger partial charge in [-0.2, -0.15) is 74.6 Å². The SMILES string of the molecule is CC(=O)c1cc(Cl)cc(C(F)(F)C(F)(F)C(F)(F)C(F)(F)C(F)(F)C(F)(F)C(F)(F)C(F)(F)F)c1Cl. The lowest BCUT2D eigenvalue weighted by atomic mass is 9.86. The van der Waals surface area contributed by atoms with Crippen LogP contribution in [0.4, 0.5) is 74.6 Å². The Balaban J connectivity index is 3.89. The summed E-state index contributed by atoms with van der Waals surface area (Å²) in [5.41, 5.74) is -3.97. The molecule has 0 spiro atoms. The first-order chi connectivity index (χ1) is 15.5. The van der Waals surface area contributed by atoms with Crippen LogP contribution in [-0.4, -0.2) is 47.5 Å². The first-order valence-corrected chi connectivity index (χ1v) is 8.96. The normalized spacial score (nSPS) is 15.3. The Morgan fingerprint density at radius 1 is 0.583 bits per heavy atom. The van der Waals surface area contributed by atoms with E-state index < -0.39 is 80.7 Å². The van der Waals surface area contributed by atoms with Gasteiger partial charge in [0.15, 0.2) is 5.78 Å². The Morgan fingerprint density at radius 3 is 1.25 bits per heavy atom. The van der Waals surface area contributed by atoms with Gasteiger partial charge in [-0.05, 0) is 19.1 Å². The van der Waals surface area contributed by atoms with Crippen LogP contribution in [-0.2, 0) is 5.92 Å². The van der Waals surface area contributed by atoms with E-state index in [2.05, 4.69) is 0 Å². The molecule has 20 heteroatoms. The molecule has 1 aromatic carbocycles. The molecule has 0 aromatic heterocycles. The summed E-state index contributed by atoms with van der Waals surface area (Å²) < 4.78 is 227. The maximum Gasteiger partial charge on any atom is 0.460 e. The van der Waals surface area contributed by atoms with Gasteiger partial charge in [-0.1, -0.05) is 23.2 Å². The number of carbonyl (C=O) groups is 1. The van der Waals surface area contributed by atoms with E-state index in [4.69, 9.17) is 23.2 Å². The standard InChI is InChI=1S/C16H5Cl2F17O/c1-4(36)6-2-5(17)3-7(8(6)18)9(19,20)10(21,22)11(23,24)12(25,26)13(27,28)14(29,30)15(31,32)16(33,34)35/h2-3H,1H3. The maximum atomic E-state index is 14.4. The minimum Gasteiger partial charge on any atom is -0.294 e. The van der Waals surface area contributed by atoms with Crippen LogP contribution in [0.15, 0.2) is 12.1 Å². The monoisotopic (exact) mass is 606 g/mol. The Morgan fingerprint density at radius 2 is 0.917 bits per heavy atom. The molecule has 0 atom stereocenters. The molecule has 0 unspecified atom stereocenters. The van der Waals surface area contributed by atoms with Crippen LogP contribution in [0.1, 0.15) is 22.8 Å². The van der Waals surface area contributed by atoms with Crippen LogP contribution in [0.5, 0.6) is 0 Å². The molecule has 1 rings (SSSR count). The summed E-state index contributed by atoms with van der Waals surface area (Å²) in [6.45, 7) is 0.504. The highest BCUT2D eigenvalue weighted by atomic mass is 35.5. The molecular weight excluding hydrogens is 602 g/mol. The molecule has 0 saturated heterocycles. The van der Waals surface area contributed by atoms with E-state index in [1.54, 1.807) is 0 Å². The van der Waals surface area contributed by atoms with Gasteiger partial charge in [0, 0.05) is 16.1 Å². The van der Waals surface area contributed by atoms with Crippen molar-refractivity contribution in [2.24, 2.45) is 0 Å². The molecule has 0 saturated carbocycles. The first-order valence-electron chi connectivity index (χ1n) is 8.20. The Kier molecular flexibility index (Phi) is 7.77. The fraction of sp³-hybridized carbons (Fsp3) is 0.562. The van der Waals surface area contributed by atoms with Gasteiger partial charge in [0.05, 0.1) is 5.02 Å². The summed E-state index contributed by atoms with van der Waals surface area (Å²) in [4.78, 5) is 11.3. The third-order valence-electron chi connectivity index (χ3n) is 4.48. The zero-order chi connectivity index (χ0) is 29.3. The molecular formula is C16H5Cl2F17O. The number of rotatable bonds is 8. The highest BCUT2D eigenvalue weighted by Gasteiger charge is 2.95. The summed E-state index contributed by atoms with van der Waals surface area (Å²) in [7, 11) is 0. The van der Waals surface area contributed by atoms with Crippen LogP contribution < -0.4 is 0 Å². The highest BCUT2D eigenvalue weighted by molar-refractivity contribution is 6.36. The number of carbonyl (C=O) groups excluding carboxylic acids is 1. The number of hydrogen-bond donors (Lipinski definition) is 0. The van der Waals surface area contributed by atoms with E-state index in [-0.39, 0.29) is 0 Å². The summed E-state index contributed by atoms with van der Waals surface area (Å²) in [6.07, 6.45) is -7.84. The van der Waals surface area contributed by atoms with Crippen molar-refractivity contribution in [3.05, 3.63) is 33.3 Å². The molecule has 0 N–H and O–H groups in total. The lowest BCUT2D eigenvalue weighted by molar-refractivity contribution is -0.462. The fourth-order valence-electron chi connectivity index (χ4n) is 2.41. The van der Waals surface area contributed by atoms with E-state index in [1.165, 1.54) is 0 Å². The molecule has 0 aliphatic rings. The van der Waals surface area contributed by atoms with Gasteiger partial charge in [0.25, 0.3) is 0 Å². The molecule has 208 valence electrons. The van der Waals surface area contributed by atoms with Crippen LogP contribution in [0.3, 0.4) is 0 Å². The zero-order valence-corrected chi connectivity index (χ0v) is 17.8. The van der Waals surface area contributed by atoms with Gasteiger partial charge in [0.2, 0.25) is 0 Å². The highest BCUT2D eigenvalue weighted by Crippen LogP contribution is 2.65. The molecule has 0 radical (unpaired) electrons. The zero-order valence-electron chi connectivity index (χ0n) is 16.2. The number of ketones is 1. The molecule has 1 nitrogen and oxygen atoms in total. The molecule has 1 aromatic rings. The van der Waals surface area contributed by atoms with Crippen LogP contribution in [0.25, 0.3) is 0 Å². The van der Waals surface area contributed by atoms with Gasteiger partial charge in [-0.15, -0.1) is 0 Å². The van der Waals surface area contributed by atoms with Gasteiger partial charge < -0.3 is 0 Å². The second-order valence-electron chi connectivity index (χ2n) is 6.89. The average Bonchev–Trinajstić information content (AvgIpc) is 2.67. The first kappa shape index (κ1) is 32.3. The largest absolute Gasteiger partial charge is 0.460 e. The quantitative estimate of drug-likeness (QED) is 0.214. The molecule has 0 fully saturated rings.